The fourth-order valence-corrected chi connectivity index (χ4v) is 2.93. The molecule has 0 aliphatic carbocycles. The van der Waals surface area contributed by atoms with Gasteiger partial charge in [0.1, 0.15) is 11.6 Å². The number of rotatable bonds is 1. The molecule has 1 aromatic rings. The van der Waals surface area contributed by atoms with Crippen LogP contribution >= 0.6 is 27.5 Å². The number of amides is 2. The summed E-state index contributed by atoms with van der Waals surface area (Å²) >= 11 is 9.29. The Morgan fingerprint density at radius 1 is 1.37 bits per heavy atom. The van der Waals surface area contributed by atoms with E-state index < -0.39 is 11.6 Å². The van der Waals surface area contributed by atoms with Crippen LogP contribution in [0.2, 0.25) is 5.02 Å². The summed E-state index contributed by atoms with van der Waals surface area (Å²) in [4.78, 5) is 26.0. The normalized spacial score (nSPS) is 22.4. The van der Waals surface area contributed by atoms with Crippen LogP contribution in [0.5, 0.6) is 0 Å². The van der Waals surface area contributed by atoms with Crippen LogP contribution in [0.15, 0.2) is 22.7 Å². The number of piperazine rings is 1. The highest BCUT2D eigenvalue weighted by atomic mass is 79.9. The molecule has 1 atom stereocenters. The zero-order valence-electron chi connectivity index (χ0n) is 10.8. The van der Waals surface area contributed by atoms with E-state index in [4.69, 9.17) is 11.6 Å². The Hall–Kier alpha value is -1.07. The molecule has 0 bridgehead atoms. The van der Waals surface area contributed by atoms with Crippen LogP contribution in [0, 0.1) is 0 Å². The Bertz CT molecular complexity index is 560. The van der Waals surface area contributed by atoms with Gasteiger partial charge in [-0.25, -0.2) is 0 Å². The van der Waals surface area contributed by atoms with Gasteiger partial charge < -0.3 is 5.32 Å². The summed E-state index contributed by atoms with van der Waals surface area (Å²) in [6.45, 7) is 5.08. The summed E-state index contributed by atoms with van der Waals surface area (Å²) in [7, 11) is 0. The lowest BCUT2D eigenvalue weighted by atomic mass is 9.96. The van der Waals surface area contributed by atoms with Crippen molar-refractivity contribution in [2.75, 3.05) is 4.90 Å². The van der Waals surface area contributed by atoms with Crippen molar-refractivity contribution in [3.63, 3.8) is 0 Å². The van der Waals surface area contributed by atoms with Crippen LogP contribution in [0.25, 0.3) is 0 Å². The number of hydrogen-bond acceptors (Lipinski definition) is 2. The molecule has 4 nitrogen and oxygen atoms in total. The summed E-state index contributed by atoms with van der Waals surface area (Å²) in [5.41, 5.74) is -0.271. The van der Waals surface area contributed by atoms with Crippen LogP contribution in [0.3, 0.4) is 0 Å². The molecule has 19 heavy (non-hydrogen) atoms. The second-order valence-corrected chi connectivity index (χ2v) is 6.35. The second-order valence-electron chi connectivity index (χ2n) is 5.06. The molecule has 1 heterocycles. The number of benzene rings is 1. The average Bonchev–Trinajstić information content (AvgIpc) is 2.29. The zero-order chi connectivity index (χ0) is 14.4. The molecule has 1 saturated heterocycles. The SMILES string of the molecule is CC1C(=O)NC(C)(C)C(=O)N1c1ccc(Cl)cc1Br. The molecule has 0 radical (unpaired) electrons. The Balaban J connectivity index is 2.51. The van der Waals surface area contributed by atoms with Crippen LogP contribution in [0.1, 0.15) is 20.8 Å². The Morgan fingerprint density at radius 2 is 2.00 bits per heavy atom. The van der Waals surface area contributed by atoms with Crippen molar-refractivity contribution in [3.8, 4) is 0 Å². The largest absolute Gasteiger partial charge is 0.340 e. The predicted octanol–water partition coefficient (Wildman–Crippen LogP) is 2.73. The quantitative estimate of drug-likeness (QED) is 0.851. The molecule has 1 fully saturated rings. The topological polar surface area (TPSA) is 49.4 Å². The van der Waals surface area contributed by atoms with E-state index in [-0.39, 0.29) is 11.8 Å². The van der Waals surface area contributed by atoms with E-state index in [1.54, 1.807) is 39.0 Å². The van der Waals surface area contributed by atoms with Gasteiger partial charge in [0.15, 0.2) is 0 Å². The van der Waals surface area contributed by atoms with Crippen molar-refractivity contribution in [2.45, 2.75) is 32.4 Å². The number of halogens is 2. The van der Waals surface area contributed by atoms with Gasteiger partial charge in [0.2, 0.25) is 5.91 Å². The van der Waals surface area contributed by atoms with Crippen molar-refractivity contribution in [2.24, 2.45) is 0 Å². The summed E-state index contributed by atoms with van der Waals surface area (Å²) < 4.78 is 0.686. The molecular weight excluding hydrogens is 332 g/mol. The Kier molecular flexibility index (Phi) is 3.62. The first kappa shape index (κ1) is 14.3. The van der Waals surface area contributed by atoms with Gasteiger partial charge in [-0.05, 0) is 54.9 Å². The molecule has 0 aromatic heterocycles. The number of nitrogens with one attached hydrogen (secondary N) is 1. The Labute approximate surface area is 125 Å². The average molecular weight is 346 g/mol. The first-order chi connectivity index (χ1) is 8.74. The van der Waals surface area contributed by atoms with Crippen LogP contribution < -0.4 is 10.2 Å². The first-order valence-corrected chi connectivity index (χ1v) is 7.02. The maximum absolute atomic E-state index is 12.5. The third-order valence-electron chi connectivity index (χ3n) is 3.13. The van der Waals surface area contributed by atoms with Crippen molar-refractivity contribution >= 4 is 45.0 Å². The van der Waals surface area contributed by atoms with Gasteiger partial charge in [-0.2, -0.15) is 0 Å². The standard InChI is InChI=1S/C13H14BrClN2O2/c1-7-11(18)16-13(2,3)12(19)17(7)10-5-4-8(15)6-9(10)14/h4-7H,1-3H3,(H,16,18). The van der Waals surface area contributed by atoms with E-state index in [2.05, 4.69) is 21.2 Å². The van der Waals surface area contributed by atoms with Gasteiger partial charge in [-0.1, -0.05) is 11.6 Å². The molecule has 2 amide bonds. The van der Waals surface area contributed by atoms with Gasteiger partial charge in [-0.3, -0.25) is 14.5 Å². The Morgan fingerprint density at radius 3 is 2.58 bits per heavy atom. The number of nitrogens with zero attached hydrogens (tertiary/aromatic N) is 1. The van der Waals surface area contributed by atoms with Gasteiger partial charge in [0, 0.05) is 9.50 Å². The number of anilines is 1. The van der Waals surface area contributed by atoms with E-state index in [1.165, 1.54) is 4.90 Å². The van der Waals surface area contributed by atoms with Crippen LogP contribution in [-0.4, -0.2) is 23.4 Å². The molecule has 1 aliphatic rings. The third kappa shape index (κ3) is 2.49. The zero-order valence-corrected chi connectivity index (χ0v) is 13.2. The highest BCUT2D eigenvalue weighted by molar-refractivity contribution is 9.10. The van der Waals surface area contributed by atoms with Gasteiger partial charge >= 0.3 is 0 Å². The first-order valence-electron chi connectivity index (χ1n) is 5.85. The minimum Gasteiger partial charge on any atom is -0.340 e. The van der Waals surface area contributed by atoms with Crippen molar-refractivity contribution in [3.05, 3.63) is 27.7 Å². The molecule has 1 N–H and O–H groups in total. The fraction of sp³-hybridized carbons (Fsp3) is 0.385. The van der Waals surface area contributed by atoms with Crippen molar-refractivity contribution in [1.29, 1.82) is 0 Å². The number of hydrogen-bond donors (Lipinski definition) is 1. The second kappa shape index (κ2) is 4.80. The molecule has 102 valence electrons. The molecule has 1 unspecified atom stereocenters. The predicted molar refractivity (Wildman–Crippen MR) is 78.3 cm³/mol. The smallest absolute Gasteiger partial charge is 0.252 e. The molecule has 0 spiro atoms. The minimum atomic E-state index is -0.914. The summed E-state index contributed by atoms with van der Waals surface area (Å²) in [6, 6.07) is 4.57. The summed E-state index contributed by atoms with van der Waals surface area (Å²) in [6.07, 6.45) is 0. The minimum absolute atomic E-state index is 0.150. The maximum Gasteiger partial charge on any atom is 0.252 e. The van der Waals surface area contributed by atoms with Crippen LogP contribution in [0.4, 0.5) is 5.69 Å². The lowest BCUT2D eigenvalue weighted by Gasteiger charge is -2.41. The van der Waals surface area contributed by atoms with E-state index in [0.29, 0.717) is 15.2 Å². The lowest BCUT2D eigenvalue weighted by molar-refractivity contribution is -0.136. The molecular formula is C13H14BrClN2O2. The highest BCUT2D eigenvalue weighted by Crippen LogP contribution is 2.33. The molecule has 2 rings (SSSR count). The molecule has 0 saturated carbocycles. The van der Waals surface area contributed by atoms with E-state index in [0.717, 1.165) is 0 Å². The van der Waals surface area contributed by atoms with Crippen molar-refractivity contribution < 1.29 is 9.59 Å². The lowest BCUT2D eigenvalue weighted by Crippen LogP contribution is -2.67. The van der Waals surface area contributed by atoms with E-state index in [1.807, 2.05) is 0 Å². The third-order valence-corrected chi connectivity index (χ3v) is 4.00. The van der Waals surface area contributed by atoms with E-state index in [9.17, 15) is 9.59 Å². The van der Waals surface area contributed by atoms with Crippen molar-refractivity contribution in [1.82, 2.24) is 5.32 Å². The summed E-state index contributed by atoms with van der Waals surface area (Å²) in [5.74, 6) is -0.325. The number of carbonyl (C=O) groups excluding carboxylic acids is 2. The molecule has 6 heteroatoms. The van der Waals surface area contributed by atoms with Gasteiger partial charge in [0.25, 0.3) is 5.91 Å². The van der Waals surface area contributed by atoms with Gasteiger partial charge in [0.05, 0.1) is 5.69 Å². The molecule has 1 aliphatic heterocycles. The monoisotopic (exact) mass is 344 g/mol. The number of carbonyl (C=O) groups is 2. The van der Waals surface area contributed by atoms with E-state index >= 15 is 0 Å². The van der Waals surface area contributed by atoms with Gasteiger partial charge in [-0.15, -0.1) is 0 Å². The maximum atomic E-state index is 12.5. The van der Waals surface area contributed by atoms with Crippen LogP contribution in [-0.2, 0) is 9.59 Å². The fourth-order valence-electron chi connectivity index (χ4n) is 2.05. The summed E-state index contributed by atoms with van der Waals surface area (Å²) in [5, 5.41) is 3.28. The highest BCUT2D eigenvalue weighted by Gasteiger charge is 2.44. The molecule has 1 aromatic carbocycles.